The van der Waals surface area contributed by atoms with E-state index < -0.39 is 6.10 Å². The highest BCUT2D eigenvalue weighted by atomic mass is 32.1. The SMILES string of the molecule is CC1CCc2nc(CNCC(O)c3ccsc3)sc2C1. The minimum atomic E-state index is -0.421. The number of hydrogen-bond acceptors (Lipinski definition) is 5. The van der Waals surface area contributed by atoms with E-state index >= 15 is 0 Å². The Morgan fingerprint density at radius 3 is 3.25 bits per heavy atom. The number of hydrogen-bond donors (Lipinski definition) is 2. The Bertz CT molecular complexity index is 550. The highest BCUT2D eigenvalue weighted by molar-refractivity contribution is 7.11. The van der Waals surface area contributed by atoms with E-state index in [1.807, 2.05) is 28.2 Å². The zero-order valence-corrected chi connectivity index (χ0v) is 13.3. The third-order valence-electron chi connectivity index (χ3n) is 3.77. The summed E-state index contributed by atoms with van der Waals surface area (Å²) in [4.78, 5) is 6.19. The van der Waals surface area contributed by atoms with Crippen molar-refractivity contribution in [1.82, 2.24) is 10.3 Å². The molecule has 0 amide bonds. The van der Waals surface area contributed by atoms with Crippen molar-refractivity contribution in [3.63, 3.8) is 0 Å². The van der Waals surface area contributed by atoms with Gasteiger partial charge in [0, 0.05) is 18.0 Å². The van der Waals surface area contributed by atoms with E-state index in [9.17, 15) is 5.11 Å². The maximum Gasteiger partial charge on any atom is 0.107 e. The molecular formula is C15H20N2OS2. The Balaban J connectivity index is 1.52. The summed E-state index contributed by atoms with van der Waals surface area (Å²) in [5.74, 6) is 0.796. The Labute approximate surface area is 127 Å². The van der Waals surface area contributed by atoms with E-state index in [0.29, 0.717) is 6.54 Å². The van der Waals surface area contributed by atoms with Gasteiger partial charge in [-0.3, -0.25) is 0 Å². The molecule has 2 N–H and O–H groups in total. The molecule has 0 saturated heterocycles. The van der Waals surface area contributed by atoms with Crippen molar-refractivity contribution < 1.29 is 5.11 Å². The number of fused-ring (bicyclic) bond motifs is 1. The van der Waals surface area contributed by atoms with Crippen molar-refractivity contribution in [2.45, 2.75) is 38.8 Å². The maximum atomic E-state index is 10.0. The van der Waals surface area contributed by atoms with Gasteiger partial charge < -0.3 is 10.4 Å². The lowest BCUT2D eigenvalue weighted by Gasteiger charge is -2.15. The first kappa shape index (κ1) is 14.2. The molecule has 3 rings (SSSR count). The van der Waals surface area contributed by atoms with Crippen LogP contribution in [0.1, 0.15) is 40.6 Å². The summed E-state index contributed by atoms with van der Waals surface area (Å²) in [6, 6.07) is 1.97. The average molecular weight is 308 g/mol. The van der Waals surface area contributed by atoms with E-state index in [4.69, 9.17) is 4.98 Å². The quantitative estimate of drug-likeness (QED) is 0.892. The minimum absolute atomic E-state index is 0.421. The zero-order chi connectivity index (χ0) is 13.9. The second-order valence-corrected chi connectivity index (χ2v) is 7.48. The summed E-state index contributed by atoms with van der Waals surface area (Å²) in [6.45, 7) is 3.66. The monoisotopic (exact) mass is 308 g/mol. The Hall–Kier alpha value is -0.750. The van der Waals surface area contributed by atoms with E-state index in [2.05, 4.69) is 12.2 Å². The Kier molecular flexibility index (Phi) is 4.51. The number of aliphatic hydroxyl groups is 1. The lowest BCUT2D eigenvalue weighted by Crippen LogP contribution is -2.20. The fraction of sp³-hybridized carbons (Fsp3) is 0.533. The third-order valence-corrected chi connectivity index (χ3v) is 5.59. The van der Waals surface area contributed by atoms with Crippen LogP contribution in [-0.4, -0.2) is 16.6 Å². The molecule has 2 aromatic rings. The average Bonchev–Trinajstić information content (AvgIpc) is 3.06. The largest absolute Gasteiger partial charge is 0.387 e. The van der Waals surface area contributed by atoms with Crippen LogP contribution in [0.5, 0.6) is 0 Å². The first-order chi connectivity index (χ1) is 9.72. The molecule has 5 heteroatoms. The summed E-state index contributed by atoms with van der Waals surface area (Å²) >= 11 is 3.45. The van der Waals surface area contributed by atoms with E-state index in [1.165, 1.54) is 23.4 Å². The third kappa shape index (κ3) is 3.28. The van der Waals surface area contributed by atoms with E-state index in [1.54, 1.807) is 11.3 Å². The van der Waals surface area contributed by atoms with Gasteiger partial charge in [-0.2, -0.15) is 11.3 Å². The number of aliphatic hydroxyl groups excluding tert-OH is 1. The molecule has 0 radical (unpaired) electrons. The molecule has 0 aromatic carbocycles. The van der Waals surface area contributed by atoms with Gasteiger partial charge in [0.15, 0.2) is 0 Å². The maximum absolute atomic E-state index is 10.0. The van der Waals surface area contributed by atoms with Crippen molar-refractivity contribution in [3.05, 3.63) is 38.0 Å². The first-order valence-electron chi connectivity index (χ1n) is 7.10. The van der Waals surface area contributed by atoms with Gasteiger partial charge in [0.05, 0.1) is 11.8 Å². The van der Waals surface area contributed by atoms with Crippen LogP contribution in [0, 0.1) is 5.92 Å². The first-order valence-corrected chi connectivity index (χ1v) is 8.86. The molecule has 3 nitrogen and oxygen atoms in total. The molecule has 1 aliphatic carbocycles. The molecular weight excluding hydrogens is 288 g/mol. The van der Waals surface area contributed by atoms with Crippen molar-refractivity contribution in [3.8, 4) is 0 Å². The number of aryl methyl sites for hydroxylation is 1. The van der Waals surface area contributed by atoms with Crippen molar-refractivity contribution in [2.75, 3.05) is 6.54 Å². The number of thiophene rings is 1. The van der Waals surface area contributed by atoms with Gasteiger partial charge in [-0.1, -0.05) is 6.92 Å². The van der Waals surface area contributed by atoms with Crippen LogP contribution < -0.4 is 5.32 Å². The van der Waals surface area contributed by atoms with Crippen LogP contribution in [0.4, 0.5) is 0 Å². The van der Waals surface area contributed by atoms with Crippen molar-refractivity contribution in [2.24, 2.45) is 5.92 Å². The smallest absolute Gasteiger partial charge is 0.107 e. The Morgan fingerprint density at radius 2 is 2.45 bits per heavy atom. The number of nitrogens with one attached hydrogen (secondary N) is 1. The number of thiazole rings is 1. The zero-order valence-electron chi connectivity index (χ0n) is 11.6. The molecule has 2 unspecified atom stereocenters. The summed E-state index contributed by atoms with van der Waals surface area (Å²) < 4.78 is 0. The van der Waals surface area contributed by atoms with Gasteiger partial charge in [-0.05, 0) is 47.6 Å². The molecule has 1 aliphatic rings. The molecule has 108 valence electrons. The van der Waals surface area contributed by atoms with Crippen LogP contribution in [0.25, 0.3) is 0 Å². The molecule has 0 fully saturated rings. The molecule has 20 heavy (non-hydrogen) atoms. The molecule has 2 heterocycles. The van der Waals surface area contributed by atoms with Crippen LogP contribution in [-0.2, 0) is 19.4 Å². The lowest BCUT2D eigenvalue weighted by molar-refractivity contribution is 0.175. The number of nitrogens with zero attached hydrogens (tertiary/aromatic N) is 1. The van der Waals surface area contributed by atoms with Crippen LogP contribution in [0.3, 0.4) is 0 Å². The number of rotatable bonds is 5. The van der Waals surface area contributed by atoms with Gasteiger partial charge in [0.2, 0.25) is 0 Å². The van der Waals surface area contributed by atoms with Crippen molar-refractivity contribution in [1.29, 1.82) is 0 Å². The van der Waals surface area contributed by atoms with Crippen molar-refractivity contribution >= 4 is 22.7 Å². The molecule has 2 atom stereocenters. The van der Waals surface area contributed by atoms with Gasteiger partial charge in [0.25, 0.3) is 0 Å². The van der Waals surface area contributed by atoms with Crippen LogP contribution >= 0.6 is 22.7 Å². The predicted molar refractivity (Wildman–Crippen MR) is 84.3 cm³/mol. The second kappa shape index (κ2) is 6.35. The number of aromatic nitrogens is 1. The topological polar surface area (TPSA) is 45.2 Å². The van der Waals surface area contributed by atoms with Crippen LogP contribution in [0.15, 0.2) is 16.8 Å². The standard InChI is InChI=1S/C15H20N2OS2/c1-10-2-3-12-14(6-10)20-15(17-12)8-16-7-13(18)11-4-5-19-9-11/h4-5,9-10,13,16,18H,2-3,6-8H2,1H3. The second-order valence-electron chi connectivity index (χ2n) is 5.53. The molecule has 0 bridgehead atoms. The molecule has 2 aromatic heterocycles. The normalized spacial score (nSPS) is 19.8. The van der Waals surface area contributed by atoms with Gasteiger partial charge in [-0.25, -0.2) is 4.98 Å². The fourth-order valence-corrected chi connectivity index (χ4v) is 4.52. The van der Waals surface area contributed by atoms with Gasteiger partial charge in [0.1, 0.15) is 5.01 Å². The fourth-order valence-electron chi connectivity index (χ4n) is 2.57. The summed E-state index contributed by atoms with van der Waals surface area (Å²) in [7, 11) is 0. The molecule has 0 aliphatic heterocycles. The Morgan fingerprint density at radius 1 is 1.55 bits per heavy atom. The molecule has 0 spiro atoms. The summed E-state index contributed by atoms with van der Waals surface area (Å²) in [5, 5.41) is 18.5. The summed E-state index contributed by atoms with van der Waals surface area (Å²) in [5.41, 5.74) is 2.30. The van der Waals surface area contributed by atoms with E-state index in [-0.39, 0.29) is 0 Å². The predicted octanol–water partition coefficient (Wildman–Crippen LogP) is 3.15. The van der Waals surface area contributed by atoms with Crippen LogP contribution in [0.2, 0.25) is 0 Å². The van der Waals surface area contributed by atoms with E-state index in [0.717, 1.165) is 29.5 Å². The minimum Gasteiger partial charge on any atom is -0.387 e. The van der Waals surface area contributed by atoms with Gasteiger partial charge in [-0.15, -0.1) is 11.3 Å². The summed E-state index contributed by atoms with van der Waals surface area (Å²) in [6.07, 6.45) is 3.16. The molecule has 0 saturated carbocycles. The highest BCUT2D eigenvalue weighted by Gasteiger charge is 2.19. The lowest BCUT2D eigenvalue weighted by atomic mass is 9.93. The van der Waals surface area contributed by atoms with Gasteiger partial charge >= 0.3 is 0 Å². The highest BCUT2D eigenvalue weighted by Crippen LogP contribution is 2.29.